The van der Waals surface area contributed by atoms with Gasteiger partial charge in [-0.2, -0.15) is 0 Å². The Morgan fingerprint density at radius 3 is 2.39 bits per heavy atom. The lowest BCUT2D eigenvalue weighted by Gasteiger charge is -2.43. The molecule has 3 atom stereocenters. The molecule has 46 heavy (non-hydrogen) atoms. The van der Waals surface area contributed by atoms with E-state index in [4.69, 9.17) is 0 Å². The van der Waals surface area contributed by atoms with Crippen molar-refractivity contribution in [3.8, 4) is 11.4 Å². The van der Waals surface area contributed by atoms with E-state index in [2.05, 4.69) is 47.5 Å². The maximum Gasteiger partial charge on any atom is 0.407 e. The van der Waals surface area contributed by atoms with Gasteiger partial charge in [0.25, 0.3) is 0 Å². The number of nitrogens with zero attached hydrogens (tertiary/aromatic N) is 5. The molecule has 4 aromatic carbocycles. The Balaban J connectivity index is 1.35. The van der Waals surface area contributed by atoms with Gasteiger partial charge in [-0.15, -0.1) is 5.10 Å². The Morgan fingerprint density at radius 2 is 1.72 bits per heavy atom. The van der Waals surface area contributed by atoms with Gasteiger partial charge in [-0.1, -0.05) is 93.6 Å². The number of hydrogen-bond acceptors (Lipinski definition) is 5. The number of aromatic nitrogens is 4. The number of nitrogens with one attached hydrogen (secondary N) is 1. The van der Waals surface area contributed by atoms with Crippen molar-refractivity contribution in [1.82, 2.24) is 25.5 Å². The van der Waals surface area contributed by atoms with Gasteiger partial charge in [0.1, 0.15) is 17.3 Å². The highest BCUT2D eigenvalue weighted by Crippen LogP contribution is 2.42. The second-order valence-corrected chi connectivity index (χ2v) is 13.3. The van der Waals surface area contributed by atoms with E-state index in [1.165, 1.54) is 12.1 Å². The minimum Gasteiger partial charge on any atom is -0.465 e. The third kappa shape index (κ3) is 6.56. The minimum atomic E-state index is -0.981. The average Bonchev–Trinajstić information content (AvgIpc) is 3.58. The van der Waals surface area contributed by atoms with Crippen LogP contribution in [0.5, 0.6) is 0 Å². The fourth-order valence-corrected chi connectivity index (χ4v) is 6.89. The molecule has 0 radical (unpaired) electrons. The van der Waals surface area contributed by atoms with Crippen molar-refractivity contribution >= 4 is 22.6 Å². The Kier molecular flexibility index (Phi) is 8.71. The molecule has 6 rings (SSSR count). The van der Waals surface area contributed by atoms with E-state index in [-0.39, 0.29) is 46.9 Å². The summed E-state index contributed by atoms with van der Waals surface area (Å²) in [4.78, 5) is 16.5. The van der Waals surface area contributed by atoms with Crippen LogP contribution in [0.2, 0.25) is 0 Å². The van der Waals surface area contributed by atoms with Crippen LogP contribution in [-0.4, -0.2) is 56.4 Å². The first-order valence-corrected chi connectivity index (χ1v) is 15.6. The fraction of sp³-hybridized carbons (Fsp3) is 0.333. The zero-order valence-corrected chi connectivity index (χ0v) is 26.2. The highest BCUT2D eigenvalue weighted by atomic mass is 19.1. The Morgan fingerprint density at radius 1 is 1.02 bits per heavy atom. The third-order valence-corrected chi connectivity index (χ3v) is 8.98. The number of hydrogen-bond donors (Lipinski definition) is 2. The highest BCUT2D eigenvalue weighted by molar-refractivity contribution is 5.86. The largest absolute Gasteiger partial charge is 0.465 e. The molecule has 1 fully saturated rings. The van der Waals surface area contributed by atoms with E-state index in [9.17, 15) is 9.90 Å². The predicted molar refractivity (Wildman–Crippen MR) is 175 cm³/mol. The average molecular weight is 625 g/mol. The van der Waals surface area contributed by atoms with Crippen molar-refractivity contribution in [2.24, 2.45) is 11.3 Å². The van der Waals surface area contributed by atoms with Crippen LogP contribution in [0, 0.1) is 23.0 Å². The van der Waals surface area contributed by atoms with E-state index < -0.39 is 17.7 Å². The first-order chi connectivity index (χ1) is 22.1. The number of anilines is 1. The maximum absolute atomic E-state index is 15.6. The van der Waals surface area contributed by atoms with E-state index in [1.807, 2.05) is 66.7 Å². The van der Waals surface area contributed by atoms with Crippen LogP contribution < -0.4 is 4.90 Å². The van der Waals surface area contributed by atoms with Crippen molar-refractivity contribution in [1.29, 1.82) is 0 Å². The van der Waals surface area contributed by atoms with Gasteiger partial charge in [0, 0.05) is 31.1 Å². The van der Waals surface area contributed by atoms with Gasteiger partial charge in [-0.25, -0.2) is 18.7 Å². The molecule has 1 aliphatic heterocycles. The Hall–Kier alpha value is -4.86. The normalized spacial score (nSPS) is 17.6. The van der Waals surface area contributed by atoms with Gasteiger partial charge >= 0.3 is 6.09 Å². The molecule has 1 aromatic heterocycles. The molecule has 2 heterocycles. The molecule has 1 amide bonds. The number of carboxylic acid groups (broad SMARTS) is 1. The summed E-state index contributed by atoms with van der Waals surface area (Å²) in [5.41, 5.74) is 1.95. The summed E-state index contributed by atoms with van der Waals surface area (Å²) in [6.07, 6.45) is 0.199. The van der Waals surface area contributed by atoms with Crippen molar-refractivity contribution in [2.45, 2.75) is 45.6 Å². The van der Waals surface area contributed by atoms with Gasteiger partial charge in [0.05, 0.1) is 6.04 Å². The zero-order valence-electron chi connectivity index (χ0n) is 26.2. The van der Waals surface area contributed by atoms with Crippen molar-refractivity contribution < 1.29 is 18.7 Å². The number of benzene rings is 4. The molecule has 10 heteroatoms. The standard InChI is InChI=1S/C36H38F2N6O2/c1-36(2,3)20-32(28-15-9-13-23-12-7-8-14-27(23)28)44(35(45)46)21-25-16-17-43(22-29(25)24-10-5-4-6-11-24)33-30(37)18-26(19-31(33)38)34-39-41-42-40-34/h4-15,18-19,25,29,32H,16-17,20-22H2,1-3H3,(H,45,46)(H,39,40,41,42)/t25?,29?,32-/m1/s1. The molecular weight excluding hydrogens is 586 g/mol. The third-order valence-electron chi connectivity index (χ3n) is 8.98. The Bertz CT molecular complexity index is 1780. The molecule has 0 aliphatic carbocycles. The van der Waals surface area contributed by atoms with Crippen molar-refractivity contribution in [3.63, 3.8) is 0 Å². The predicted octanol–water partition coefficient (Wildman–Crippen LogP) is 8.07. The zero-order chi connectivity index (χ0) is 32.4. The van der Waals surface area contributed by atoms with Crippen molar-refractivity contribution in [3.05, 3.63) is 108 Å². The summed E-state index contributed by atoms with van der Waals surface area (Å²) in [5.74, 6) is -1.49. The molecule has 2 unspecified atom stereocenters. The van der Waals surface area contributed by atoms with Crippen LogP contribution in [0.3, 0.4) is 0 Å². The smallest absolute Gasteiger partial charge is 0.407 e. The number of H-pyrrole nitrogens is 1. The molecule has 2 N–H and O–H groups in total. The number of tetrazole rings is 1. The molecule has 1 aliphatic rings. The summed E-state index contributed by atoms with van der Waals surface area (Å²) >= 11 is 0. The van der Waals surface area contributed by atoms with Gasteiger partial charge in [-0.3, -0.25) is 0 Å². The first-order valence-electron chi connectivity index (χ1n) is 15.6. The summed E-state index contributed by atoms with van der Waals surface area (Å²) < 4.78 is 31.1. The molecular formula is C36H38F2N6O2. The number of piperidine rings is 1. The second kappa shape index (κ2) is 12.9. The monoisotopic (exact) mass is 624 g/mol. The number of rotatable bonds is 8. The minimum absolute atomic E-state index is 0.0853. The van der Waals surface area contributed by atoms with Gasteiger partial charge in [-0.05, 0) is 68.6 Å². The number of carbonyl (C=O) groups is 1. The van der Waals surface area contributed by atoms with Crippen LogP contribution in [0.4, 0.5) is 19.3 Å². The number of fused-ring (bicyclic) bond motifs is 1. The van der Waals surface area contributed by atoms with Crippen LogP contribution in [0.1, 0.15) is 56.7 Å². The molecule has 8 nitrogen and oxygen atoms in total. The van der Waals surface area contributed by atoms with Gasteiger partial charge in [0.2, 0.25) is 0 Å². The van der Waals surface area contributed by atoms with Crippen LogP contribution >= 0.6 is 0 Å². The Labute approximate surface area is 267 Å². The van der Waals surface area contributed by atoms with E-state index in [1.54, 1.807) is 9.80 Å². The molecule has 0 spiro atoms. The van der Waals surface area contributed by atoms with Crippen LogP contribution in [-0.2, 0) is 0 Å². The van der Waals surface area contributed by atoms with Gasteiger partial charge < -0.3 is 14.9 Å². The van der Waals surface area contributed by atoms with Crippen LogP contribution in [0.15, 0.2) is 84.9 Å². The summed E-state index contributed by atoms with van der Waals surface area (Å²) in [5, 5.41) is 26.2. The van der Waals surface area contributed by atoms with Crippen molar-refractivity contribution in [2.75, 3.05) is 24.5 Å². The molecule has 238 valence electrons. The maximum atomic E-state index is 15.6. The molecule has 0 bridgehead atoms. The number of halogens is 2. The highest BCUT2D eigenvalue weighted by Gasteiger charge is 2.38. The topological polar surface area (TPSA) is 98.2 Å². The fourth-order valence-electron chi connectivity index (χ4n) is 6.89. The number of amides is 1. The lowest BCUT2D eigenvalue weighted by Crippen LogP contribution is -2.46. The lowest BCUT2D eigenvalue weighted by atomic mass is 9.78. The summed E-state index contributed by atoms with van der Waals surface area (Å²) in [7, 11) is 0. The van der Waals surface area contributed by atoms with E-state index >= 15 is 8.78 Å². The lowest BCUT2D eigenvalue weighted by molar-refractivity contribution is 0.0917. The molecule has 1 saturated heterocycles. The van der Waals surface area contributed by atoms with Crippen LogP contribution in [0.25, 0.3) is 22.2 Å². The molecule has 0 saturated carbocycles. The number of aromatic amines is 1. The van der Waals surface area contributed by atoms with E-state index in [0.29, 0.717) is 25.9 Å². The van der Waals surface area contributed by atoms with Gasteiger partial charge in [0.15, 0.2) is 5.82 Å². The summed E-state index contributed by atoms with van der Waals surface area (Å²) in [6, 6.07) is 26.1. The van der Waals surface area contributed by atoms with E-state index in [0.717, 1.165) is 21.9 Å². The SMILES string of the molecule is CC(C)(C)C[C@H](c1cccc2ccccc12)N(CC1CCN(c2c(F)cc(-c3nnn[nH]3)cc2F)CC1c1ccccc1)C(=O)O. The molecule has 5 aromatic rings. The summed E-state index contributed by atoms with van der Waals surface area (Å²) in [6.45, 7) is 7.38. The first kappa shape index (κ1) is 31.1. The quantitative estimate of drug-likeness (QED) is 0.181. The second-order valence-electron chi connectivity index (χ2n) is 13.3.